The van der Waals surface area contributed by atoms with Gasteiger partial charge in [-0.05, 0) is 32.8 Å². The summed E-state index contributed by atoms with van der Waals surface area (Å²) >= 11 is 0. The van der Waals surface area contributed by atoms with Gasteiger partial charge in [0.2, 0.25) is 0 Å². The Hall–Kier alpha value is -3.53. The maximum Gasteiger partial charge on any atom is 0.408 e. The molecule has 1 unspecified atom stereocenters. The molecule has 0 saturated heterocycles. The van der Waals surface area contributed by atoms with Crippen molar-refractivity contribution in [3.8, 4) is 0 Å². The van der Waals surface area contributed by atoms with Gasteiger partial charge in [-0.1, -0.05) is 31.2 Å². The third-order valence-corrected chi connectivity index (χ3v) is 8.74. The normalized spacial score (nSPS) is 15.2. The number of ether oxygens (including phenoxy) is 2. The lowest BCUT2D eigenvalue weighted by molar-refractivity contribution is -0.153. The van der Waals surface area contributed by atoms with Crippen molar-refractivity contribution in [2.24, 2.45) is 5.41 Å². The minimum atomic E-state index is -4.84. The van der Waals surface area contributed by atoms with Gasteiger partial charge in [-0.15, -0.1) is 0 Å². The molecule has 0 bridgehead atoms. The molecule has 0 aliphatic rings. The zero-order valence-corrected chi connectivity index (χ0v) is 24.1. The number of rotatable bonds is 13. The van der Waals surface area contributed by atoms with Crippen molar-refractivity contribution < 1.29 is 32.0 Å². The first-order valence-electron chi connectivity index (χ1n) is 12.8. The zero-order valence-electron chi connectivity index (χ0n) is 23.2. The van der Waals surface area contributed by atoms with Gasteiger partial charge < -0.3 is 24.3 Å². The summed E-state index contributed by atoms with van der Waals surface area (Å²) in [7, 11) is -4.09. The monoisotopic (exact) mass is 595 g/mol. The summed E-state index contributed by atoms with van der Waals surface area (Å²) in [6.07, 6.45) is -3.24. The van der Waals surface area contributed by atoms with Crippen LogP contribution >= 0.6 is 7.29 Å². The van der Waals surface area contributed by atoms with E-state index in [1.807, 2.05) is 0 Å². The summed E-state index contributed by atoms with van der Waals surface area (Å²) in [6, 6.07) is 2.48. The van der Waals surface area contributed by atoms with Crippen molar-refractivity contribution in [2.45, 2.75) is 59.0 Å². The average molecular weight is 596 g/mol. The number of halogens is 3. The van der Waals surface area contributed by atoms with Crippen LogP contribution in [0.25, 0.3) is 16.0 Å². The molecule has 0 saturated carbocycles. The first-order valence-corrected chi connectivity index (χ1v) is 14.9. The Morgan fingerprint density at radius 3 is 2.51 bits per heavy atom. The molecule has 2 heterocycles. The van der Waals surface area contributed by atoms with E-state index in [1.165, 1.54) is 38.6 Å². The summed E-state index contributed by atoms with van der Waals surface area (Å²) in [6.45, 7) is 13.8. The lowest BCUT2D eigenvalue weighted by Gasteiger charge is -2.33. The van der Waals surface area contributed by atoms with E-state index in [0.717, 1.165) is 12.1 Å². The van der Waals surface area contributed by atoms with Crippen LogP contribution in [-0.4, -0.2) is 56.9 Å². The number of esters is 1. The highest BCUT2D eigenvalue weighted by molar-refractivity contribution is 7.61. The van der Waals surface area contributed by atoms with Crippen LogP contribution in [0.4, 0.5) is 24.7 Å². The van der Waals surface area contributed by atoms with E-state index in [2.05, 4.69) is 24.9 Å². The highest BCUT2D eigenvalue weighted by atomic mass is 31.2. The number of benzene rings is 1. The summed E-state index contributed by atoms with van der Waals surface area (Å²) in [5.74, 6) is -0.489. The van der Waals surface area contributed by atoms with Crippen molar-refractivity contribution in [3.63, 3.8) is 0 Å². The molecule has 1 aromatic carbocycles. The molecule has 3 atom stereocenters. The standard InChI is InChI=1S/C26H33F3N7O4P/c1-6-11-39-24(37)25(3,4)13-41(38,35-21(26(27,28)29)18-7-9-19(31-5)10-8-18)16-40-17(2)12-36-15-34-20-22(30)32-14-33-23(20)36/h7-10,14-15,17,21H,6,11-13,16H2,1-4H3,(H,35,38)(H2,30,32,33)/t17-,21-,41?/m1/s1. The molecule has 0 spiro atoms. The van der Waals surface area contributed by atoms with Gasteiger partial charge in [0.1, 0.15) is 24.2 Å². The van der Waals surface area contributed by atoms with Gasteiger partial charge in [0.15, 0.2) is 24.4 Å². The third kappa shape index (κ3) is 8.25. The molecule has 0 amide bonds. The fourth-order valence-corrected chi connectivity index (χ4v) is 7.07. The number of fused-ring (bicyclic) bond motifs is 1. The second-order valence-corrected chi connectivity index (χ2v) is 12.9. The molecule has 2 aromatic heterocycles. The van der Waals surface area contributed by atoms with Gasteiger partial charge >= 0.3 is 12.1 Å². The molecule has 0 aliphatic carbocycles. The van der Waals surface area contributed by atoms with Crippen LogP contribution in [0.2, 0.25) is 0 Å². The number of imidazole rings is 1. The number of nitrogen functional groups attached to an aromatic ring is 1. The third-order valence-electron chi connectivity index (χ3n) is 6.14. The number of nitrogens with one attached hydrogen (secondary N) is 1. The molecule has 3 aromatic rings. The number of carbonyl (C=O) groups excluding carboxylic acids is 1. The molecule has 15 heteroatoms. The predicted molar refractivity (Wildman–Crippen MR) is 147 cm³/mol. The van der Waals surface area contributed by atoms with E-state index >= 15 is 0 Å². The number of nitrogens with zero attached hydrogens (tertiary/aromatic N) is 5. The predicted octanol–water partition coefficient (Wildman–Crippen LogP) is 5.47. The van der Waals surface area contributed by atoms with Crippen LogP contribution in [0.15, 0.2) is 36.9 Å². The van der Waals surface area contributed by atoms with Crippen LogP contribution in [-0.2, 0) is 25.4 Å². The number of carbonyl (C=O) groups is 1. The summed E-state index contributed by atoms with van der Waals surface area (Å²) in [5, 5.41) is 2.31. The minimum Gasteiger partial charge on any atom is -0.465 e. The molecule has 41 heavy (non-hydrogen) atoms. The van der Waals surface area contributed by atoms with Gasteiger partial charge in [0, 0.05) is 6.16 Å². The van der Waals surface area contributed by atoms with Crippen LogP contribution in [0, 0.1) is 12.0 Å². The Labute approximate surface area is 235 Å². The Kier molecular flexibility index (Phi) is 10.1. The highest BCUT2D eigenvalue weighted by Crippen LogP contribution is 2.51. The van der Waals surface area contributed by atoms with Crippen LogP contribution in [0.1, 0.15) is 45.7 Å². The summed E-state index contributed by atoms with van der Waals surface area (Å²) in [5.41, 5.74) is 5.20. The van der Waals surface area contributed by atoms with Gasteiger partial charge in [0.25, 0.3) is 0 Å². The van der Waals surface area contributed by atoms with Crippen molar-refractivity contribution in [1.29, 1.82) is 0 Å². The van der Waals surface area contributed by atoms with Crippen LogP contribution in [0.3, 0.4) is 0 Å². The van der Waals surface area contributed by atoms with Crippen molar-refractivity contribution >= 4 is 35.9 Å². The molecule has 3 rings (SSSR count). The number of anilines is 1. The fourth-order valence-electron chi connectivity index (χ4n) is 4.14. The van der Waals surface area contributed by atoms with E-state index in [9.17, 15) is 22.5 Å². The largest absolute Gasteiger partial charge is 0.465 e. The number of hydrogen-bond donors (Lipinski definition) is 2. The van der Waals surface area contributed by atoms with E-state index in [4.69, 9.17) is 21.8 Å². The first kappa shape index (κ1) is 32.0. The van der Waals surface area contributed by atoms with Crippen LogP contribution < -0.4 is 10.8 Å². The molecule has 0 aliphatic heterocycles. The highest BCUT2D eigenvalue weighted by Gasteiger charge is 2.47. The minimum absolute atomic E-state index is 0.124. The van der Waals surface area contributed by atoms with Crippen molar-refractivity contribution in [3.05, 3.63) is 53.9 Å². The zero-order chi connectivity index (χ0) is 30.4. The van der Waals surface area contributed by atoms with Gasteiger partial charge in [-0.25, -0.2) is 24.9 Å². The smallest absolute Gasteiger partial charge is 0.408 e. The van der Waals surface area contributed by atoms with Gasteiger partial charge in [-0.2, -0.15) is 13.2 Å². The quantitative estimate of drug-likeness (QED) is 0.150. The molecular formula is C26H33F3N7O4P. The molecule has 3 N–H and O–H groups in total. The molecule has 11 nitrogen and oxygen atoms in total. The second-order valence-electron chi connectivity index (χ2n) is 10.3. The molecule has 0 fully saturated rings. The Morgan fingerprint density at radius 2 is 1.90 bits per heavy atom. The Balaban J connectivity index is 1.88. The maximum atomic E-state index is 14.3. The van der Waals surface area contributed by atoms with Gasteiger partial charge in [0.05, 0.1) is 37.6 Å². The van der Waals surface area contributed by atoms with Crippen molar-refractivity contribution in [2.75, 3.05) is 24.9 Å². The van der Waals surface area contributed by atoms with E-state index < -0.39 is 49.5 Å². The molecular weight excluding hydrogens is 562 g/mol. The second kappa shape index (κ2) is 13.0. The number of aromatic nitrogens is 4. The number of nitrogens with two attached hydrogens (primary N) is 1. The lowest BCUT2D eigenvalue weighted by atomic mass is 9.97. The molecule has 222 valence electrons. The summed E-state index contributed by atoms with van der Waals surface area (Å²) in [4.78, 5) is 28.2. The average Bonchev–Trinajstić information content (AvgIpc) is 3.32. The number of alkyl halides is 3. The fraction of sp³-hybridized carbons (Fsp3) is 0.500. The van der Waals surface area contributed by atoms with Gasteiger partial charge in [-0.3, -0.25) is 4.79 Å². The van der Waals surface area contributed by atoms with E-state index in [-0.39, 0.29) is 30.2 Å². The van der Waals surface area contributed by atoms with E-state index in [0.29, 0.717) is 17.6 Å². The Morgan fingerprint density at radius 1 is 1.22 bits per heavy atom. The molecule has 0 radical (unpaired) electrons. The number of hydrogen-bond acceptors (Lipinski definition) is 8. The van der Waals surface area contributed by atoms with Crippen molar-refractivity contribution in [1.82, 2.24) is 24.6 Å². The van der Waals surface area contributed by atoms with Crippen LogP contribution in [0.5, 0.6) is 0 Å². The topological polar surface area (TPSA) is 139 Å². The van der Waals surface area contributed by atoms with E-state index in [1.54, 1.807) is 18.4 Å². The Bertz CT molecular complexity index is 1440. The lowest BCUT2D eigenvalue weighted by Crippen LogP contribution is -2.38. The first-order chi connectivity index (χ1) is 19.2. The maximum absolute atomic E-state index is 14.3. The summed E-state index contributed by atoms with van der Waals surface area (Å²) < 4.78 is 69.9. The SMILES string of the molecule is [C-]#[N+]c1ccc([C@@H](NP(=O)(CO[C@H](C)Cn2cnc3c(N)ncnc32)CC(C)(C)C(=O)OCCC)C(F)(F)F)cc1.